The third kappa shape index (κ3) is 4.05. The van der Waals surface area contributed by atoms with Crippen molar-refractivity contribution < 1.29 is 13.9 Å². The molecule has 0 fully saturated rings. The van der Waals surface area contributed by atoms with Gasteiger partial charge in [-0.3, -0.25) is 4.79 Å². The van der Waals surface area contributed by atoms with Gasteiger partial charge in [-0.15, -0.1) is 0 Å². The highest BCUT2D eigenvalue weighted by Gasteiger charge is 2.15. The van der Waals surface area contributed by atoms with Gasteiger partial charge in [0.2, 0.25) is 0 Å². The van der Waals surface area contributed by atoms with Gasteiger partial charge in [-0.05, 0) is 36.8 Å². The molecule has 0 saturated carbocycles. The number of carbonyl (C=O) groups excluding carboxylic acids is 1. The molecule has 0 aliphatic rings. The quantitative estimate of drug-likeness (QED) is 0.844. The van der Waals surface area contributed by atoms with Gasteiger partial charge in [0, 0.05) is 7.05 Å². The van der Waals surface area contributed by atoms with Gasteiger partial charge in [0.05, 0.1) is 12.1 Å². The lowest BCUT2D eigenvalue weighted by atomic mass is 10.1. The summed E-state index contributed by atoms with van der Waals surface area (Å²) in [6.07, 6.45) is 0. The van der Waals surface area contributed by atoms with Crippen molar-refractivity contribution in [3.63, 3.8) is 0 Å². The number of halogens is 1. The summed E-state index contributed by atoms with van der Waals surface area (Å²) in [5.41, 5.74) is 0.877. The summed E-state index contributed by atoms with van der Waals surface area (Å²) in [6.45, 7) is 2.54. The minimum absolute atomic E-state index is 0.0859. The fourth-order valence-corrected chi connectivity index (χ4v) is 1.92. The van der Waals surface area contributed by atoms with Crippen LogP contribution in [-0.2, 0) is 0 Å². The maximum Gasteiger partial charge on any atom is 0.256 e. The summed E-state index contributed by atoms with van der Waals surface area (Å²) in [5.74, 6) is -0.0835. The first-order valence-electron chi connectivity index (χ1n) is 6.77. The van der Waals surface area contributed by atoms with Crippen molar-refractivity contribution in [1.82, 2.24) is 4.90 Å². The van der Waals surface area contributed by atoms with Gasteiger partial charge < -0.3 is 9.64 Å². The fourth-order valence-electron chi connectivity index (χ4n) is 1.92. The summed E-state index contributed by atoms with van der Waals surface area (Å²) in [7, 11) is 1.63. The summed E-state index contributed by atoms with van der Waals surface area (Å²) < 4.78 is 19.3. The second kappa shape index (κ2) is 6.88. The number of ether oxygens (including phenoxy) is 1. The number of rotatable bonds is 5. The van der Waals surface area contributed by atoms with Crippen LogP contribution in [0.15, 0.2) is 48.5 Å². The number of nitrogens with zero attached hydrogens (tertiary/aromatic N) is 1. The van der Waals surface area contributed by atoms with Crippen molar-refractivity contribution in [3.05, 3.63) is 65.5 Å². The molecule has 0 N–H and O–H groups in total. The molecule has 0 saturated heterocycles. The summed E-state index contributed by atoms with van der Waals surface area (Å²) >= 11 is 0. The van der Waals surface area contributed by atoms with Crippen molar-refractivity contribution in [3.8, 4) is 5.75 Å². The molecule has 2 aromatic rings. The molecule has 2 rings (SSSR count). The van der Waals surface area contributed by atoms with E-state index in [2.05, 4.69) is 0 Å². The van der Waals surface area contributed by atoms with E-state index in [0.717, 1.165) is 11.3 Å². The Labute approximate surface area is 124 Å². The minimum atomic E-state index is -0.490. The van der Waals surface area contributed by atoms with Gasteiger partial charge in [0.15, 0.2) is 0 Å². The first kappa shape index (κ1) is 15.0. The number of amides is 1. The Balaban J connectivity index is 1.90. The lowest BCUT2D eigenvalue weighted by Gasteiger charge is -2.18. The molecule has 4 heteroatoms. The Morgan fingerprint density at radius 2 is 1.90 bits per heavy atom. The van der Waals surface area contributed by atoms with Gasteiger partial charge in [0.1, 0.15) is 18.2 Å². The third-order valence-electron chi connectivity index (χ3n) is 3.14. The first-order valence-corrected chi connectivity index (χ1v) is 6.77. The van der Waals surface area contributed by atoms with Crippen molar-refractivity contribution in [2.75, 3.05) is 20.2 Å². The second-order valence-electron chi connectivity index (χ2n) is 4.87. The average Bonchev–Trinajstić information content (AvgIpc) is 2.47. The van der Waals surface area contributed by atoms with Crippen LogP contribution in [0.4, 0.5) is 4.39 Å². The van der Waals surface area contributed by atoms with Gasteiger partial charge in [-0.2, -0.15) is 0 Å². The SMILES string of the molecule is Cc1ccc(C(=O)N(C)CCOc2ccccc2)c(F)c1. The number of carbonyl (C=O) groups is 1. The molecular weight excluding hydrogens is 269 g/mol. The molecule has 0 bridgehead atoms. The number of aryl methyl sites for hydroxylation is 1. The van der Waals surface area contributed by atoms with Crippen LogP contribution in [-0.4, -0.2) is 31.0 Å². The van der Waals surface area contributed by atoms with Crippen LogP contribution in [0.3, 0.4) is 0 Å². The van der Waals surface area contributed by atoms with Crippen LogP contribution in [0.25, 0.3) is 0 Å². The van der Waals surface area contributed by atoms with Crippen LogP contribution < -0.4 is 4.74 Å². The standard InChI is InChI=1S/C17H18FNO2/c1-13-8-9-15(16(18)12-13)17(20)19(2)10-11-21-14-6-4-3-5-7-14/h3-9,12H,10-11H2,1-2H3. The molecule has 2 aromatic carbocycles. The van der Waals surface area contributed by atoms with E-state index in [1.165, 1.54) is 17.0 Å². The largest absolute Gasteiger partial charge is 0.492 e. The second-order valence-corrected chi connectivity index (χ2v) is 4.87. The first-order chi connectivity index (χ1) is 10.1. The Bertz CT molecular complexity index is 613. The fraction of sp³-hybridized carbons (Fsp3) is 0.235. The zero-order valence-electron chi connectivity index (χ0n) is 12.2. The zero-order chi connectivity index (χ0) is 15.2. The molecule has 0 atom stereocenters. The maximum absolute atomic E-state index is 13.8. The van der Waals surface area contributed by atoms with E-state index in [1.54, 1.807) is 20.0 Å². The summed E-state index contributed by atoms with van der Waals surface area (Å²) in [5, 5.41) is 0. The highest BCUT2D eigenvalue weighted by molar-refractivity contribution is 5.94. The number of hydrogen-bond acceptors (Lipinski definition) is 2. The molecule has 0 heterocycles. The highest BCUT2D eigenvalue weighted by atomic mass is 19.1. The lowest BCUT2D eigenvalue weighted by molar-refractivity contribution is 0.0769. The highest BCUT2D eigenvalue weighted by Crippen LogP contribution is 2.12. The molecule has 21 heavy (non-hydrogen) atoms. The molecule has 0 spiro atoms. The number of para-hydroxylation sites is 1. The maximum atomic E-state index is 13.8. The van der Waals surface area contributed by atoms with Crippen LogP contribution in [0.1, 0.15) is 15.9 Å². The van der Waals surface area contributed by atoms with E-state index in [0.29, 0.717) is 13.2 Å². The molecular formula is C17H18FNO2. The molecule has 1 amide bonds. The van der Waals surface area contributed by atoms with Crippen molar-refractivity contribution >= 4 is 5.91 Å². The Morgan fingerprint density at radius 1 is 1.19 bits per heavy atom. The number of likely N-dealkylation sites (N-methyl/N-ethyl adjacent to an activating group) is 1. The van der Waals surface area contributed by atoms with E-state index in [-0.39, 0.29) is 11.5 Å². The van der Waals surface area contributed by atoms with Gasteiger partial charge >= 0.3 is 0 Å². The van der Waals surface area contributed by atoms with Crippen molar-refractivity contribution in [2.24, 2.45) is 0 Å². The van der Waals surface area contributed by atoms with E-state index in [1.807, 2.05) is 30.3 Å². The van der Waals surface area contributed by atoms with E-state index >= 15 is 0 Å². The lowest BCUT2D eigenvalue weighted by Crippen LogP contribution is -2.31. The van der Waals surface area contributed by atoms with Crippen LogP contribution in [0.5, 0.6) is 5.75 Å². The smallest absolute Gasteiger partial charge is 0.256 e. The molecule has 0 aliphatic heterocycles. The van der Waals surface area contributed by atoms with Crippen LogP contribution >= 0.6 is 0 Å². The van der Waals surface area contributed by atoms with Crippen molar-refractivity contribution in [2.45, 2.75) is 6.92 Å². The topological polar surface area (TPSA) is 29.5 Å². The average molecular weight is 287 g/mol. The van der Waals surface area contributed by atoms with E-state index < -0.39 is 5.82 Å². The Hall–Kier alpha value is -2.36. The Morgan fingerprint density at radius 3 is 2.57 bits per heavy atom. The third-order valence-corrected chi connectivity index (χ3v) is 3.14. The Kier molecular flexibility index (Phi) is 4.93. The summed E-state index contributed by atoms with van der Waals surface area (Å²) in [6, 6.07) is 14.0. The van der Waals surface area contributed by atoms with Crippen LogP contribution in [0, 0.1) is 12.7 Å². The molecule has 0 unspecified atom stereocenters. The molecule has 0 aromatic heterocycles. The predicted octanol–water partition coefficient (Wildman–Crippen LogP) is 3.29. The molecule has 0 aliphatic carbocycles. The normalized spacial score (nSPS) is 10.2. The molecule has 3 nitrogen and oxygen atoms in total. The summed E-state index contributed by atoms with van der Waals surface area (Å²) in [4.78, 5) is 13.6. The number of benzene rings is 2. The minimum Gasteiger partial charge on any atom is -0.492 e. The number of hydrogen-bond donors (Lipinski definition) is 0. The zero-order valence-corrected chi connectivity index (χ0v) is 12.2. The van der Waals surface area contributed by atoms with Crippen LogP contribution in [0.2, 0.25) is 0 Å². The van der Waals surface area contributed by atoms with Gasteiger partial charge in [-0.25, -0.2) is 4.39 Å². The molecule has 0 radical (unpaired) electrons. The van der Waals surface area contributed by atoms with Crippen molar-refractivity contribution in [1.29, 1.82) is 0 Å². The van der Waals surface area contributed by atoms with Gasteiger partial charge in [-0.1, -0.05) is 24.3 Å². The van der Waals surface area contributed by atoms with E-state index in [9.17, 15) is 9.18 Å². The van der Waals surface area contributed by atoms with E-state index in [4.69, 9.17) is 4.74 Å². The predicted molar refractivity (Wildman–Crippen MR) is 80.0 cm³/mol. The molecule has 110 valence electrons. The van der Waals surface area contributed by atoms with Gasteiger partial charge in [0.25, 0.3) is 5.91 Å². The monoisotopic (exact) mass is 287 g/mol.